The van der Waals surface area contributed by atoms with Crippen molar-refractivity contribution < 1.29 is 9.53 Å². The van der Waals surface area contributed by atoms with E-state index < -0.39 is 0 Å². The first-order valence-electron chi connectivity index (χ1n) is 7.45. The number of methoxy groups -OCH3 is 1. The van der Waals surface area contributed by atoms with Crippen LogP contribution in [0, 0.1) is 0 Å². The van der Waals surface area contributed by atoms with E-state index in [1.54, 1.807) is 23.1 Å². The fourth-order valence-corrected chi connectivity index (χ4v) is 5.71. The molecule has 6 heteroatoms. The van der Waals surface area contributed by atoms with Gasteiger partial charge in [0.25, 0.3) is 0 Å². The van der Waals surface area contributed by atoms with E-state index in [4.69, 9.17) is 9.72 Å². The third-order valence-corrected chi connectivity index (χ3v) is 7.19. The Labute approximate surface area is 143 Å². The van der Waals surface area contributed by atoms with Crippen LogP contribution < -0.4 is 0 Å². The molecule has 0 radical (unpaired) electrons. The van der Waals surface area contributed by atoms with Gasteiger partial charge < -0.3 is 4.74 Å². The first kappa shape index (κ1) is 16.0. The zero-order chi connectivity index (χ0) is 15.5. The van der Waals surface area contributed by atoms with E-state index in [2.05, 4.69) is 5.38 Å². The second-order valence-corrected chi connectivity index (χ2v) is 8.41. The molecule has 0 N–H and O–H groups in total. The summed E-state index contributed by atoms with van der Waals surface area (Å²) < 4.78 is 5.96. The molecule has 118 valence electrons. The molecule has 0 saturated heterocycles. The van der Waals surface area contributed by atoms with Crippen molar-refractivity contribution in [3.8, 4) is 10.6 Å². The van der Waals surface area contributed by atoms with Crippen LogP contribution in [0.3, 0.4) is 0 Å². The van der Waals surface area contributed by atoms with Crippen LogP contribution in [0.25, 0.3) is 10.6 Å². The number of carbonyl (C=O) groups is 1. The molecular formula is C16H19NO2S3. The maximum absolute atomic E-state index is 11.7. The van der Waals surface area contributed by atoms with Gasteiger partial charge in [-0.1, -0.05) is 19.3 Å². The van der Waals surface area contributed by atoms with E-state index in [1.165, 1.54) is 56.2 Å². The highest BCUT2D eigenvalue weighted by Crippen LogP contribution is 2.41. The van der Waals surface area contributed by atoms with Gasteiger partial charge in [0.2, 0.25) is 0 Å². The lowest BCUT2D eigenvalue weighted by molar-refractivity contribution is 0.0606. The molecule has 0 atom stereocenters. The number of thiophene rings is 1. The topological polar surface area (TPSA) is 39.2 Å². The fraction of sp³-hybridized carbons (Fsp3) is 0.500. The van der Waals surface area contributed by atoms with Crippen molar-refractivity contribution in [2.75, 3.05) is 13.4 Å². The number of esters is 1. The fourth-order valence-electron chi connectivity index (χ4n) is 2.87. The van der Waals surface area contributed by atoms with E-state index in [0.717, 1.165) is 14.8 Å². The molecule has 1 aliphatic rings. The quantitative estimate of drug-likeness (QED) is 0.543. The summed E-state index contributed by atoms with van der Waals surface area (Å²) in [5.74, 6) is 0.353. The van der Waals surface area contributed by atoms with Crippen molar-refractivity contribution in [3.63, 3.8) is 0 Å². The summed E-state index contributed by atoms with van der Waals surface area (Å²) in [7, 11) is 1.42. The van der Waals surface area contributed by atoms with E-state index in [-0.39, 0.29) is 5.97 Å². The number of hydrogen-bond donors (Lipinski definition) is 0. The third-order valence-electron chi connectivity index (χ3n) is 4.05. The number of aromatic nitrogens is 1. The van der Waals surface area contributed by atoms with Crippen LogP contribution in [-0.4, -0.2) is 24.3 Å². The van der Waals surface area contributed by atoms with Gasteiger partial charge >= 0.3 is 5.97 Å². The lowest BCUT2D eigenvalue weighted by atomic mass is 9.87. The number of carbonyl (C=O) groups excluding carboxylic acids is 1. The SMILES string of the molecule is COC(=O)c1cc(-c2nc(C3CCCCC3)cs2)c(SC)s1. The summed E-state index contributed by atoms with van der Waals surface area (Å²) in [5.41, 5.74) is 2.31. The molecule has 0 spiro atoms. The van der Waals surface area contributed by atoms with Crippen LogP contribution in [-0.2, 0) is 4.74 Å². The van der Waals surface area contributed by atoms with E-state index in [9.17, 15) is 4.79 Å². The zero-order valence-electron chi connectivity index (χ0n) is 12.8. The number of hydrogen-bond acceptors (Lipinski definition) is 6. The largest absolute Gasteiger partial charge is 0.465 e. The second kappa shape index (κ2) is 7.15. The van der Waals surface area contributed by atoms with Gasteiger partial charge in [0.05, 0.1) is 17.0 Å². The molecule has 0 bridgehead atoms. The Kier molecular flexibility index (Phi) is 5.21. The molecule has 3 rings (SSSR count). The van der Waals surface area contributed by atoms with E-state index >= 15 is 0 Å². The molecule has 1 fully saturated rings. The molecule has 0 amide bonds. The van der Waals surface area contributed by atoms with Crippen molar-refractivity contribution >= 4 is 40.4 Å². The Bertz CT molecular complexity index is 656. The summed E-state index contributed by atoms with van der Waals surface area (Å²) in [4.78, 5) is 17.3. The highest BCUT2D eigenvalue weighted by atomic mass is 32.2. The smallest absolute Gasteiger partial charge is 0.348 e. The van der Waals surface area contributed by atoms with Crippen LogP contribution in [0.2, 0.25) is 0 Å². The Morgan fingerprint density at radius 1 is 1.36 bits per heavy atom. The predicted molar refractivity (Wildman–Crippen MR) is 94.4 cm³/mol. The van der Waals surface area contributed by atoms with Gasteiger partial charge in [-0.15, -0.1) is 34.4 Å². The summed E-state index contributed by atoms with van der Waals surface area (Å²) in [6, 6.07) is 1.92. The molecule has 0 aromatic carbocycles. The van der Waals surface area contributed by atoms with Crippen LogP contribution in [0.4, 0.5) is 0 Å². The van der Waals surface area contributed by atoms with Crippen molar-refractivity contribution in [2.45, 2.75) is 42.2 Å². The zero-order valence-corrected chi connectivity index (χ0v) is 15.2. The summed E-state index contributed by atoms with van der Waals surface area (Å²) in [5, 5.41) is 3.22. The minimum atomic E-state index is -0.268. The molecular weight excluding hydrogens is 334 g/mol. The van der Waals surface area contributed by atoms with Crippen molar-refractivity contribution in [1.29, 1.82) is 0 Å². The van der Waals surface area contributed by atoms with Gasteiger partial charge in [0.15, 0.2) is 0 Å². The number of thioether (sulfide) groups is 1. The highest BCUT2D eigenvalue weighted by molar-refractivity contribution is 8.00. The summed E-state index contributed by atoms with van der Waals surface area (Å²) in [6.45, 7) is 0. The summed E-state index contributed by atoms with van der Waals surface area (Å²) in [6.07, 6.45) is 8.55. The minimum Gasteiger partial charge on any atom is -0.465 e. The molecule has 0 aliphatic heterocycles. The molecule has 3 nitrogen and oxygen atoms in total. The van der Waals surface area contributed by atoms with Crippen molar-refractivity contribution in [2.24, 2.45) is 0 Å². The Morgan fingerprint density at radius 2 is 2.14 bits per heavy atom. The van der Waals surface area contributed by atoms with E-state index in [1.807, 2.05) is 12.3 Å². The lowest BCUT2D eigenvalue weighted by Gasteiger charge is -2.19. The third kappa shape index (κ3) is 3.24. The van der Waals surface area contributed by atoms with E-state index in [0.29, 0.717) is 10.8 Å². The monoisotopic (exact) mass is 353 g/mol. The van der Waals surface area contributed by atoms with Gasteiger partial charge in [0.1, 0.15) is 9.88 Å². The maximum Gasteiger partial charge on any atom is 0.348 e. The predicted octanol–water partition coefficient (Wildman–Crippen LogP) is 5.43. The van der Waals surface area contributed by atoms with Gasteiger partial charge in [-0.2, -0.15) is 0 Å². The highest BCUT2D eigenvalue weighted by Gasteiger charge is 2.21. The minimum absolute atomic E-state index is 0.268. The molecule has 0 unspecified atom stereocenters. The van der Waals surface area contributed by atoms with Crippen molar-refractivity contribution in [1.82, 2.24) is 4.98 Å². The first-order chi connectivity index (χ1) is 10.7. The Balaban J connectivity index is 1.89. The number of rotatable bonds is 4. The normalized spacial score (nSPS) is 15.9. The average Bonchev–Trinajstić information content (AvgIpc) is 3.21. The molecule has 1 saturated carbocycles. The summed E-state index contributed by atoms with van der Waals surface area (Å²) >= 11 is 4.84. The second-order valence-electron chi connectivity index (χ2n) is 5.42. The lowest BCUT2D eigenvalue weighted by Crippen LogP contribution is -2.04. The maximum atomic E-state index is 11.7. The van der Waals surface area contributed by atoms with Gasteiger partial charge in [-0.25, -0.2) is 9.78 Å². The number of ether oxygens (including phenoxy) is 1. The molecule has 2 heterocycles. The van der Waals surface area contributed by atoms with Gasteiger partial charge in [-0.3, -0.25) is 0 Å². The number of nitrogens with zero attached hydrogens (tertiary/aromatic N) is 1. The average molecular weight is 354 g/mol. The van der Waals surface area contributed by atoms with Gasteiger partial charge in [-0.05, 0) is 25.2 Å². The molecule has 1 aliphatic carbocycles. The van der Waals surface area contributed by atoms with Crippen LogP contribution in [0.5, 0.6) is 0 Å². The standard InChI is InChI=1S/C16H19NO2S3/c1-19-15(18)13-8-11(16(20-2)22-13)14-17-12(9-21-14)10-6-4-3-5-7-10/h8-10H,3-7H2,1-2H3. The molecule has 22 heavy (non-hydrogen) atoms. The Morgan fingerprint density at radius 3 is 2.82 bits per heavy atom. The van der Waals surface area contributed by atoms with Gasteiger partial charge in [0, 0.05) is 16.9 Å². The number of thiazole rings is 1. The van der Waals surface area contributed by atoms with Crippen LogP contribution >= 0.6 is 34.4 Å². The van der Waals surface area contributed by atoms with Crippen molar-refractivity contribution in [3.05, 3.63) is 22.0 Å². The van der Waals surface area contributed by atoms with Crippen LogP contribution in [0.15, 0.2) is 15.7 Å². The molecule has 2 aromatic rings. The molecule has 2 aromatic heterocycles. The first-order valence-corrected chi connectivity index (χ1v) is 10.4. The Hall–Kier alpha value is -0.850. The van der Waals surface area contributed by atoms with Crippen LogP contribution in [0.1, 0.15) is 53.4 Å².